The predicted molar refractivity (Wildman–Crippen MR) is 81.6 cm³/mol. The summed E-state index contributed by atoms with van der Waals surface area (Å²) in [6.45, 7) is 2.35. The molecule has 2 rings (SSSR count). The van der Waals surface area contributed by atoms with Gasteiger partial charge in [0, 0.05) is 19.5 Å². The number of nitrogen functional groups attached to an aromatic ring is 1. The van der Waals surface area contributed by atoms with Crippen molar-refractivity contribution >= 4 is 43.7 Å². The quantitative estimate of drug-likeness (QED) is 0.856. The van der Waals surface area contributed by atoms with Crippen LogP contribution in [0.4, 0.5) is 10.8 Å². The summed E-state index contributed by atoms with van der Waals surface area (Å²) in [7, 11) is -0.701. The highest BCUT2D eigenvalue weighted by molar-refractivity contribution is 7.89. The Morgan fingerprint density at radius 2 is 2.15 bits per heavy atom. The molecule has 0 saturated carbocycles. The average Bonchev–Trinajstić information content (AvgIpc) is 2.93. The summed E-state index contributed by atoms with van der Waals surface area (Å²) in [5, 5.41) is 6.36. The van der Waals surface area contributed by atoms with Crippen LogP contribution in [0.5, 0.6) is 0 Å². The summed E-state index contributed by atoms with van der Waals surface area (Å²) in [6.07, 6.45) is 0. The first-order valence-electron chi connectivity index (χ1n) is 5.65. The summed E-state index contributed by atoms with van der Waals surface area (Å²) < 4.78 is 29.5. The molecule has 0 spiro atoms. The van der Waals surface area contributed by atoms with E-state index in [0.717, 1.165) is 26.5 Å². The Morgan fingerprint density at radius 3 is 2.70 bits per heavy atom. The van der Waals surface area contributed by atoms with Crippen molar-refractivity contribution in [2.45, 2.75) is 18.4 Å². The van der Waals surface area contributed by atoms with E-state index < -0.39 is 10.0 Å². The van der Waals surface area contributed by atoms with E-state index in [1.807, 2.05) is 12.3 Å². The van der Waals surface area contributed by atoms with Gasteiger partial charge in [0.15, 0.2) is 10.7 Å². The molecule has 7 nitrogen and oxygen atoms in total. The van der Waals surface area contributed by atoms with Gasteiger partial charge in [0.2, 0.25) is 10.0 Å². The lowest BCUT2D eigenvalue weighted by molar-refractivity contribution is 0.521. The highest BCUT2D eigenvalue weighted by atomic mass is 32.2. The van der Waals surface area contributed by atoms with Gasteiger partial charge in [-0.2, -0.15) is 4.37 Å². The average molecular weight is 333 g/mol. The number of hydrogen-bond acceptors (Lipinski definition) is 8. The minimum Gasteiger partial charge on any atom is -0.382 e. The fourth-order valence-electron chi connectivity index (χ4n) is 1.50. The van der Waals surface area contributed by atoms with E-state index >= 15 is 0 Å². The van der Waals surface area contributed by atoms with Gasteiger partial charge in [-0.15, -0.1) is 11.3 Å². The van der Waals surface area contributed by atoms with Crippen molar-refractivity contribution < 1.29 is 8.42 Å². The molecule has 20 heavy (non-hydrogen) atoms. The van der Waals surface area contributed by atoms with Crippen molar-refractivity contribution in [3.63, 3.8) is 0 Å². The molecule has 0 amide bonds. The van der Waals surface area contributed by atoms with Crippen molar-refractivity contribution in [1.82, 2.24) is 13.7 Å². The standard InChI is InChI=1S/C10H15N5O2S3/c1-6-13-7(5-18-6)4-12-10-8(9(11)14-19-10)20(16,17)15(2)3/h5,12H,4H2,1-3H3,(H2,11,14). The Hall–Kier alpha value is -1.23. The molecule has 2 aromatic heterocycles. The SMILES string of the molecule is Cc1nc(CNc2snc(N)c2S(=O)(=O)N(C)C)cs1. The van der Waals surface area contributed by atoms with Crippen LogP contribution in [0.2, 0.25) is 0 Å². The van der Waals surface area contributed by atoms with E-state index in [-0.39, 0.29) is 10.7 Å². The first-order chi connectivity index (χ1) is 9.32. The summed E-state index contributed by atoms with van der Waals surface area (Å²) in [4.78, 5) is 4.34. The normalized spacial score (nSPS) is 12.0. The van der Waals surface area contributed by atoms with Crippen LogP contribution in [0.1, 0.15) is 10.7 Å². The molecule has 0 aliphatic heterocycles. The lowest BCUT2D eigenvalue weighted by Crippen LogP contribution is -2.23. The van der Waals surface area contributed by atoms with Crippen LogP contribution < -0.4 is 11.1 Å². The molecular weight excluding hydrogens is 318 g/mol. The minimum absolute atomic E-state index is 0.0145. The topological polar surface area (TPSA) is 101 Å². The fraction of sp³-hybridized carbons (Fsp3) is 0.400. The van der Waals surface area contributed by atoms with E-state index in [1.165, 1.54) is 14.1 Å². The van der Waals surface area contributed by atoms with Gasteiger partial charge in [-0.25, -0.2) is 17.7 Å². The molecule has 0 fully saturated rings. The predicted octanol–water partition coefficient (Wildman–Crippen LogP) is 1.35. The molecule has 2 heterocycles. The second-order valence-electron chi connectivity index (χ2n) is 4.22. The van der Waals surface area contributed by atoms with Gasteiger partial charge in [-0.3, -0.25) is 0 Å². The second kappa shape index (κ2) is 5.64. The molecule has 0 aliphatic rings. The van der Waals surface area contributed by atoms with Gasteiger partial charge in [-0.1, -0.05) is 0 Å². The molecule has 0 atom stereocenters. The maximum atomic E-state index is 12.2. The number of sulfonamides is 1. The van der Waals surface area contributed by atoms with Gasteiger partial charge in [0.05, 0.1) is 17.2 Å². The van der Waals surface area contributed by atoms with Crippen LogP contribution in [0.25, 0.3) is 0 Å². The van der Waals surface area contributed by atoms with Crippen LogP contribution in [-0.2, 0) is 16.6 Å². The zero-order valence-corrected chi connectivity index (χ0v) is 13.7. The fourth-order valence-corrected chi connectivity index (χ4v) is 4.18. The zero-order valence-electron chi connectivity index (χ0n) is 11.2. The van der Waals surface area contributed by atoms with E-state index in [4.69, 9.17) is 5.73 Å². The molecule has 0 unspecified atom stereocenters. The van der Waals surface area contributed by atoms with Gasteiger partial charge in [0.25, 0.3) is 0 Å². The molecule has 2 aromatic rings. The number of aryl methyl sites for hydroxylation is 1. The molecule has 0 aliphatic carbocycles. The van der Waals surface area contributed by atoms with Crippen LogP contribution in [-0.4, -0.2) is 36.2 Å². The lowest BCUT2D eigenvalue weighted by Gasteiger charge is -2.12. The lowest BCUT2D eigenvalue weighted by atomic mass is 10.5. The summed E-state index contributed by atoms with van der Waals surface area (Å²) in [5.74, 6) is 0.0145. The Kier molecular flexibility index (Phi) is 4.28. The van der Waals surface area contributed by atoms with Crippen molar-refractivity contribution in [3.8, 4) is 0 Å². The van der Waals surface area contributed by atoms with Crippen LogP contribution in [0, 0.1) is 6.92 Å². The molecule has 10 heteroatoms. The summed E-state index contributed by atoms with van der Waals surface area (Å²) in [5.41, 5.74) is 6.53. The number of nitrogens with two attached hydrogens (primary N) is 1. The third kappa shape index (κ3) is 2.92. The van der Waals surface area contributed by atoms with Crippen molar-refractivity contribution in [2.24, 2.45) is 0 Å². The number of nitrogens with one attached hydrogen (secondary N) is 1. The molecular formula is C10H15N5O2S3. The third-order valence-electron chi connectivity index (χ3n) is 2.51. The van der Waals surface area contributed by atoms with Crippen LogP contribution in [0.3, 0.4) is 0 Å². The number of nitrogens with zero attached hydrogens (tertiary/aromatic N) is 3. The Morgan fingerprint density at radius 1 is 1.45 bits per heavy atom. The van der Waals surface area contributed by atoms with Crippen LogP contribution in [0.15, 0.2) is 10.3 Å². The monoisotopic (exact) mass is 333 g/mol. The summed E-state index contributed by atoms with van der Waals surface area (Å²) in [6, 6.07) is 0. The van der Waals surface area contributed by atoms with Gasteiger partial charge in [0.1, 0.15) is 5.00 Å². The molecule has 0 bridgehead atoms. The van der Waals surface area contributed by atoms with Crippen molar-refractivity contribution in [2.75, 3.05) is 25.1 Å². The highest BCUT2D eigenvalue weighted by Crippen LogP contribution is 2.33. The van der Waals surface area contributed by atoms with E-state index in [0.29, 0.717) is 11.5 Å². The van der Waals surface area contributed by atoms with E-state index in [9.17, 15) is 8.42 Å². The molecule has 110 valence electrons. The smallest absolute Gasteiger partial charge is 0.249 e. The number of anilines is 2. The zero-order chi connectivity index (χ0) is 14.9. The number of aromatic nitrogens is 2. The highest BCUT2D eigenvalue weighted by Gasteiger charge is 2.27. The summed E-state index contributed by atoms with van der Waals surface area (Å²) >= 11 is 2.58. The maximum Gasteiger partial charge on any atom is 0.249 e. The molecule has 0 saturated heterocycles. The third-order valence-corrected chi connectivity index (χ3v) is 6.17. The first kappa shape index (κ1) is 15.2. The number of hydrogen-bond donors (Lipinski definition) is 2. The van der Waals surface area contributed by atoms with Gasteiger partial charge in [-0.05, 0) is 18.5 Å². The van der Waals surface area contributed by atoms with E-state index in [2.05, 4.69) is 14.7 Å². The Labute approximate surface area is 125 Å². The number of thiazole rings is 1. The molecule has 0 radical (unpaired) electrons. The first-order valence-corrected chi connectivity index (χ1v) is 8.74. The molecule has 3 N–H and O–H groups in total. The van der Waals surface area contributed by atoms with Crippen molar-refractivity contribution in [1.29, 1.82) is 0 Å². The Bertz CT molecular complexity index is 704. The van der Waals surface area contributed by atoms with Gasteiger partial charge < -0.3 is 11.1 Å². The largest absolute Gasteiger partial charge is 0.382 e. The van der Waals surface area contributed by atoms with Crippen molar-refractivity contribution in [3.05, 3.63) is 16.1 Å². The van der Waals surface area contributed by atoms with Crippen LogP contribution >= 0.6 is 22.9 Å². The maximum absolute atomic E-state index is 12.2. The minimum atomic E-state index is -3.62. The molecule has 0 aromatic carbocycles. The Balaban J connectivity index is 2.26. The number of rotatable bonds is 5. The van der Waals surface area contributed by atoms with Gasteiger partial charge >= 0.3 is 0 Å². The second-order valence-corrected chi connectivity index (χ2v) is 8.15. The van der Waals surface area contributed by atoms with E-state index in [1.54, 1.807) is 11.3 Å².